The second kappa shape index (κ2) is 2.79. The fourth-order valence-corrected chi connectivity index (χ4v) is 0.774. The maximum absolute atomic E-state index is 5.33. The minimum atomic E-state index is 0.343. The van der Waals surface area contributed by atoms with Crippen LogP contribution in [0.5, 0.6) is 0 Å². The summed E-state index contributed by atoms with van der Waals surface area (Å²) in [7, 11) is 0. The maximum Gasteiger partial charge on any atom is 0.124 e. The van der Waals surface area contributed by atoms with Crippen LogP contribution in [0.25, 0.3) is 0 Å². The smallest absolute Gasteiger partial charge is 0.124 e. The van der Waals surface area contributed by atoms with Gasteiger partial charge < -0.3 is 10.7 Å². The fraction of sp³-hybridized carbons (Fsp3) is 0.333. The summed E-state index contributed by atoms with van der Waals surface area (Å²) in [6.45, 7) is 2.02. The number of aromatic nitrogens is 2. The number of thiocarbonyl (C=S) groups is 1. The van der Waals surface area contributed by atoms with Crippen LogP contribution in [0.3, 0.4) is 0 Å². The average molecular weight is 155 g/mol. The van der Waals surface area contributed by atoms with E-state index in [4.69, 9.17) is 18.0 Å². The fourth-order valence-electron chi connectivity index (χ4n) is 0.669. The van der Waals surface area contributed by atoms with Crippen molar-refractivity contribution in [2.75, 3.05) is 0 Å². The summed E-state index contributed by atoms with van der Waals surface area (Å²) >= 11 is 4.72. The van der Waals surface area contributed by atoms with Crippen molar-refractivity contribution in [1.29, 1.82) is 0 Å². The lowest BCUT2D eigenvalue weighted by Gasteiger charge is -1.86. The summed E-state index contributed by atoms with van der Waals surface area (Å²) in [5, 5.41) is 0. The zero-order chi connectivity index (χ0) is 7.56. The van der Waals surface area contributed by atoms with Crippen molar-refractivity contribution in [2.45, 2.75) is 13.3 Å². The number of aryl methyl sites for hydroxylation is 1. The average Bonchev–Trinajstić information content (AvgIpc) is 2.34. The van der Waals surface area contributed by atoms with E-state index in [-0.39, 0.29) is 0 Å². The molecular weight excluding hydrogens is 146 g/mol. The second-order valence-corrected chi connectivity index (χ2v) is 2.39. The third-order valence-electron chi connectivity index (χ3n) is 1.22. The van der Waals surface area contributed by atoms with Crippen molar-refractivity contribution in [1.82, 2.24) is 9.97 Å². The maximum atomic E-state index is 5.33. The van der Waals surface area contributed by atoms with Crippen LogP contribution in [0.4, 0.5) is 0 Å². The number of rotatable bonds is 2. The minimum Gasteiger partial charge on any atom is -0.388 e. The molecule has 0 amide bonds. The van der Waals surface area contributed by atoms with E-state index in [1.165, 1.54) is 0 Å². The van der Waals surface area contributed by atoms with Crippen molar-refractivity contribution >= 4 is 17.2 Å². The molecule has 0 aromatic carbocycles. The highest BCUT2D eigenvalue weighted by atomic mass is 32.1. The Hall–Kier alpha value is -0.900. The van der Waals surface area contributed by atoms with Gasteiger partial charge in [-0.3, -0.25) is 0 Å². The number of imidazole rings is 1. The molecule has 0 fully saturated rings. The molecule has 0 radical (unpaired) electrons. The molecule has 3 N–H and O–H groups in total. The van der Waals surface area contributed by atoms with Gasteiger partial charge in [-0.2, -0.15) is 0 Å². The molecule has 0 bridgehead atoms. The highest BCUT2D eigenvalue weighted by Crippen LogP contribution is 1.96. The SMILES string of the molecule is CCc1nc(C(N)=S)c[nH]1. The van der Waals surface area contributed by atoms with Crippen LogP contribution in [-0.2, 0) is 6.42 Å². The monoisotopic (exact) mass is 155 g/mol. The number of hydrogen-bond donors (Lipinski definition) is 2. The molecule has 1 aromatic heterocycles. The number of nitrogens with two attached hydrogens (primary N) is 1. The highest BCUT2D eigenvalue weighted by Gasteiger charge is 1.99. The van der Waals surface area contributed by atoms with E-state index in [2.05, 4.69) is 9.97 Å². The molecule has 3 nitrogen and oxygen atoms in total. The van der Waals surface area contributed by atoms with E-state index >= 15 is 0 Å². The Kier molecular flexibility index (Phi) is 2.01. The summed E-state index contributed by atoms with van der Waals surface area (Å²) in [5.41, 5.74) is 6.00. The number of aromatic amines is 1. The Labute approximate surface area is 64.7 Å². The largest absolute Gasteiger partial charge is 0.388 e. The molecule has 1 heterocycles. The van der Waals surface area contributed by atoms with Crippen LogP contribution in [-0.4, -0.2) is 15.0 Å². The number of nitrogens with one attached hydrogen (secondary N) is 1. The van der Waals surface area contributed by atoms with Gasteiger partial charge in [-0.1, -0.05) is 19.1 Å². The Morgan fingerprint density at radius 2 is 2.60 bits per heavy atom. The summed E-state index contributed by atoms with van der Waals surface area (Å²) in [5.74, 6) is 0.919. The summed E-state index contributed by atoms with van der Waals surface area (Å²) in [6.07, 6.45) is 2.60. The molecule has 0 aliphatic carbocycles. The Balaban J connectivity index is 2.88. The molecule has 0 saturated heterocycles. The van der Waals surface area contributed by atoms with Crippen molar-refractivity contribution in [2.24, 2.45) is 5.73 Å². The van der Waals surface area contributed by atoms with Crippen molar-refractivity contribution in [3.05, 3.63) is 17.7 Å². The summed E-state index contributed by atoms with van der Waals surface area (Å²) in [4.78, 5) is 7.41. The first kappa shape index (κ1) is 7.21. The first-order chi connectivity index (χ1) is 4.74. The Morgan fingerprint density at radius 1 is 1.90 bits per heavy atom. The lowest BCUT2D eigenvalue weighted by molar-refractivity contribution is 0.988. The van der Waals surface area contributed by atoms with Gasteiger partial charge in [0.1, 0.15) is 16.5 Å². The van der Waals surface area contributed by atoms with Gasteiger partial charge in [-0.15, -0.1) is 0 Å². The van der Waals surface area contributed by atoms with Crippen LogP contribution in [0.15, 0.2) is 6.20 Å². The second-order valence-electron chi connectivity index (χ2n) is 1.95. The quantitative estimate of drug-likeness (QED) is 0.615. The van der Waals surface area contributed by atoms with Crippen LogP contribution >= 0.6 is 12.2 Å². The van der Waals surface area contributed by atoms with Crippen molar-refractivity contribution < 1.29 is 0 Å². The van der Waals surface area contributed by atoms with Crippen LogP contribution < -0.4 is 5.73 Å². The molecule has 4 heteroatoms. The van der Waals surface area contributed by atoms with Gasteiger partial charge in [0.15, 0.2) is 0 Å². The van der Waals surface area contributed by atoms with E-state index in [1.807, 2.05) is 6.92 Å². The third-order valence-corrected chi connectivity index (χ3v) is 1.43. The van der Waals surface area contributed by atoms with Crippen LogP contribution in [0.2, 0.25) is 0 Å². The van der Waals surface area contributed by atoms with Gasteiger partial charge in [-0.25, -0.2) is 4.98 Å². The van der Waals surface area contributed by atoms with E-state index < -0.39 is 0 Å². The van der Waals surface area contributed by atoms with Gasteiger partial charge in [0, 0.05) is 12.6 Å². The molecule has 0 saturated carbocycles. The predicted octanol–water partition coefficient (Wildman–Crippen LogP) is 0.606. The molecule has 54 valence electrons. The van der Waals surface area contributed by atoms with E-state index in [9.17, 15) is 0 Å². The van der Waals surface area contributed by atoms with Gasteiger partial charge in [0.05, 0.1) is 0 Å². The van der Waals surface area contributed by atoms with Crippen molar-refractivity contribution in [3.8, 4) is 0 Å². The highest BCUT2D eigenvalue weighted by molar-refractivity contribution is 7.80. The predicted molar refractivity (Wildman–Crippen MR) is 43.9 cm³/mol. The minimum absolute atomic E-state index is 0.343. The molecule has 0 unspecified atom stereocenters. The van der Waals surface area contributed by atoms with Crippen molar-refractivity contribution in [3.63, 3.8) is 0 Å². The molecule has 0 aliphatic heterocycles. The topological polar surface area (TPSA) is 54.7 Å². The Morgan fingerprint density at radius 3 is 2.90 bits per heavy atom. The molecule has 1 rings (SSSR count). The molecule has 0 spiro atoms. The zero-order valence-electron chi connectivity index (χ0n) is 5.72. The molecule has 1 aromatic rings. The molecule has 10 heavy (non-hydrogen) atoms. The number of hydrogen-bond acceptors (Lipinski definition) is 2. The molecule has 0 atom stereocenters. The number of nitrogens with zero attached hydrogens (tertiary/aromatic N) is 1. The summed E-state index contributed by atoms with van der Waals surface area (Å²) in [6, 6.07) is 0. The molecular formula is C6H9N3S. The zero-order valence-corrected chi connectivity index (χ0v) is 6.53. The molecule has 0 aliphatic rings. The van der Waals surface area contributed by atoms with E-state index in [1.54, 1.807) is 6.20 Å². The summed E-state index contributed by atoms with van der Waals surface area (Å²) < 4.78 is 0. The van der Waals surface area contributed by atoms with Crippen LogP contribution in [0.1, 0.15) is 18.4 Å². The van der Waals surface area contributed by atoms with Gasteiger partial charge >= 0.3 is 0 Å². The lowest BCUT2D eigenvalue weighted by Crippen LogP contribution is -2.09. The van der Waals surface area contributed by atoms with Gasteiger partial charge in [-0.05, 0) is 0 Å². The first-order valence-electron chi connectivity index (χ1n) is 3.08. The van der Waals surface area contributed by atoms with E-state index in [0.29, 0.717) is 10.7 Å². The number of H-pyrrole nitrogens is 1. The lowest BCUT2D eigenvalue weighted by atomic mass is 10.5. The van der Waals surface area contributed by atoms with Crippen LogP contribution in [0, 0.1) is 0 Å². The van der Waals surface area contributed by atoms with E-state index in [0.717, 1.165) is 12.2 Å². The van der Waals surface area contributed by atoms with Gasteiger partial charge in [0.2, 0.25) is 0 Å². The first-order valence-corrected chi connectivity index (χ1v) is 3.49. The standard InChI is InChI=1S/C6H9N3S/c1-2-5-8-3-4(9-5)6(7)10/h3H,2H2,1H3,(H2,7,10)(H,8,9). The van der Waals surface area contributed by atoms with Gasteiger partial charge in [0.25, 0.3) is 0 Å². The normalized spacial score (nSPS) is 9.70. The third kappa shape index (κ3) is 1.33. The Bertz CT molecular complexity index is 241.